The SMILES string of the molecule is COc1ccc(-c2nc3ccc(F)cc3c3c2C2=NCCCN2C3=O)cc1. The predicted molar refractivity (Wildman–Crippen MR) is 101 cm³/mol. The highest BCUT2D eigenvalue weighted by Gasteiger charge is 2.39. The third-order valence-electron chi connectivity index (χ3n) is 5.05. The van der Waals surface area contributed by atoms with Gasteiger partial charge in [0, 0.05) is 24.0 Å². The predicted octanol–water partition coefficient (Wildman–Crippen LogP) is 3.66. The van der Waals surface area contributed by atoms with E-state index in [2.05, 4.69) is 4.99 Å². The Labute approximate surface area is 155 Å². The molecule has 0 saturated heterocycles. The smallest absolute Gasteiger partial charge is 0.260 e. The number of pyridine rings is 1. The number of amidine groups is 1. The van der Waals surface area contributed by atoms with Crippen LogP contribution in [0.3, 0.4) is 0 Å². The number of amides is 1. The number of fused-ring (bicyclic) bond motifs is 5. The van der Waals surface area contributed by atoms with Crippen LogP contribution in [0, 0.1) is 5.82 Å². The molecule has 27 heavy (non-hydrogen) atoms. The van der Waals surface area contributed by atoms with Crippen LogP contribution in [0.1, 0.15) is 22.3 Å². The molecule has 0 radical (unpaired) electrons. The highest BCUT2D eigenvalue weighted by Crippen LogP contribution is 2.38. The topological polar surface area (TPSA) is 54.8 Å². The molecule has 2 aromatic carbocycles. The first-order chi connectivity index (χ1) is 13.2. The Kier molecular flexibility index (Phi) is 3.47. The van der Waals surface area contributed by atoms with Crippen molar-refractivity contribution in [3.05, 3.63) is 59.4 Å². The highest BCUT2D eigenvalue weighted by molar-refractivity contribution is 6.30. The summed E-state index contributed by atoms with van der Waals surface area (Å²) in [5.74, 6) is 0.871. The Morgan fingerprint density at radius 3 is 2.70 bits per heavy atom. The van der Waals surface area contributed by atoms with Crippen LogP contribution in [0.5, 0.6) is 5.75 Å². The minimum Gasteiger partial charge on any atom is -0.497 e. The van der Waals surface area contributed by atoms with Crippen LogP contribution in [0.15, 0.2) is 47.5 Å². The molecule has 2 aliphatic rings. The van der Waals surface area contributed by atoms with Gasteiger partial charge in [-0.1, -0.05) is 0 Å². The van der Waals surface area contributed by atoms with Gasteiger partial charge < -0.3 is 4.74 Å². The maximum atomic E-state index is 13.9. The highest BCUT2D eigenvalue weighted by atomic mass is 19.1. The van der Waals surface area contributed by atoms with Crippen molar-refractivity contribution in [3.63, 3.8) is 0 Å². The Hall–Kier alpha value is -3.28. The monoisotopic (exact) mass is 361 g/mol. The summed E-state index contributed by atoms with van der Waals surface area (Å²) in [6, 6.07) is 11.9. The number of aromatic nitrogens is 1. The molecule has 2 aliphatic heterocycles. The van der Waals surface area contributed by atoms with Crippen molar-refractivity contribution < 1.29 is 13.9 Å². The lowest BCUT2D eigenvalue weighted by atomic mass is 9.98. The molecule has 1 aromatic heterocycles. The Morgan fingerprint density at radius 2 is 1.93 bits per heavy atom. The zero-order valence-corrected chi connectivity index (χ0v) is 14.7. The number of carbonyl (C=O) groups is 1. The molecule has 0 saturated carbocycles. The maximum Gasteiger partial charge on any atom is 0.260 e. The number of ether oxygens (including phenoxy) is 1. The molecule has 0 unspecified atom stereocenters. The number of hydrogen-bond acceptors (Lipinski definition) is 4. The van der Waals surface area contributed by atoms with Crippen LogP contribution in [-0.2, 0) is 0 Å². The molecule has 6 heteroatoms. The van der Waals surface area contributed by atoms with Crippen molar-refractivity contribution in [1.82, 2.24) is 9.88 Å². The summed E-state index contributed by atoms with van der Waals surface area (Å²) in [4.78, 5) is 24.2. The second-order valence-corrected chi connectivity index (χ2v) is 6.62. The van der Waals surface area contributed by atoms with Crippen molar-refractivity contribution >= 4 is 22.6 Å². The lowest BCUT2D eigenvalue weighted by Crippen LogP contribution is -2.34. The third-order valence-corrected chi connectivity index (χ3v) is 5.05. The molecule has 0 fully saturated rings. The third kappa shape index (κ3) is 2.33. The molecular weight excluding hydrogens is 345 g/mol. The normalized spacial score (nSPS) is 15.6. The Morgan fingerprint density at radius 1 is 1.11 bits per heavy atom. The summed E-state index contributed by atoms with van der Waals surface area (Å²) in [5, 5.41) is 0.532. The number of carbonyl (C=O) groups excluding carboxylic acids is 1. The first kappa shape index (κ1) is 15.9. The van der Waals surface area contributed by atoms with E-state index in [-0.39, 0.29) is 11.7 Å². The first-order valence-electron chi connectivity index (χ1n) is 8.82. The summed E-state index contributed by atoms with van der Waals surface area (Å²) in [6.45, 7) is 1.28. The van der Waals surface area contributed by atoms with E-state index in [1.807, 2.05) is 24.3 Å². The average Bonchev–Trinajstić information content (AvgIpc) is 3.01. The van der Waals surface area contributed by atoms with Gasteiger partial charge in [0.1, 0.15) is 17.4 Å². The number of aliphatic imine (C=N–C) groups is 1. The molecular formula is C21H16FN3O2. The van der Waals surface area contributed by atoms with Crippen LogP contribution >= 0.6 is 0 Å². The number of rotatable bonds is 2. The second kappa shape index (κ2) is 5.87. The lowest BCUT2D eigenvalue weighted by Gasteiger charge is -2.21. The van der Waals surface area contributed by atoms with Gasteiger partial charge in [-0.25, -0.2) is 9.37 Å². The summed E-state index contributed by atoms with van der Waals surface area (Å²) < 4.78 is 19.1. The van der Waals surface area contributed by atoms with Crippen molar-refractivity contribution in [2.45, 2.75) is 6.42 Å². The van der Waals surface area contributed by atoms with Gasteiger partial charge in [0.25, 0.3) is 5.91 Å². The fourth-order valence-corrected chi connectivity index (χ4v) is 3.78. The van der Waals surface area contributed by atoms with Crippen LogP contribution < -0.4 is 4.74 Å². The Bertz CT molecular complexity index is 1120. The minimum absolute atomic E-state index is 0.129. The molecule has 0 spiro atoms. The molecule has 5 nitrogen and oxygen atoms in total. The summed E-state index contributed by atoms with van der Waals surface area (Å²) in [5.41, 5.74) is 3.33. The van der Waals surface area contributed by atoms with E-state index >= 15 is 0 Å². The van der Waals surface area contributed by atoms with E-state index in [0.717, 1.165) is 17.7 Å². The van der Waals surface area contributed by atoms with E-state index in [1.165, 1.54) is 12.1 Å². The van der Waals surface area contributed by atoms with Crippen molar-refractivity contribution in [1.29, 1.82) is 0 Å². The summed E-state index contributed by atoms with van der Waals surface area (Å²) in [7, 11) is 1.61. The van der Waals surface area contributed by atoms with Gasteiger partial charge in [-0.2, -0.15) is 0 Å². The molecule has 134 valence electrons. The van der Waals surface area contributed by atoms with Gasteiger partial charge in [-0.05, 0) is 48.9 Å². The quantitative estimate of drug-likeness (QED) is 0.700. The van der Waals surface area contributed by atoms with Gasteiger partial charge in [0.05, 0.1) is 29.4 Å². The fraction of sp³-hybridized carbons (Fsp3) is 0.190. The van der Waals surface area contributed by atoms with Crippen molar-refractivity contribution in [2.75, 3.05) is 20.2 Å². The maximum absolute atomic E-state index is 13.9. The minimum atomic E-state index is -0.386. The lowest BCUT2D eigenvalue weighted by molar-refractivity contribution is 0.0857. The molecule has 5 rings (SSSR count). The van der Waals surface area contributed by atoms with Gasteiger partial charge in [0.2, 0.25) is 0 Å². The fourth-order valence-electron chi connectivity index (χ4n) is 3.78. The van der Waals surface area contributed by atoms with Gasteiger partial charge in [-0.3, -0.25) is 14.7 Å². The molecule has 0 aliphatic carbocycles. The molecule has 1 amide bonds. The van der Waals surface area contributed by atoms with E-state index in [4.69, 9.17) is 9.72 Å². The van der Waals surface area contributed by atoms with Crippen LogP contribution in [0.2, 0.25) is 0 Å². The zero-order chi connectivity index (χ0) is 18.5. The van der Waals surface area contributed by atoms with E-state index in [1.54, 1.807) is 18.1 Å². The zero-order valence-electron chi connectivity index (χ0n) is 14.7. The first-order valence-corrected chi connectivity index (χ1v) is 8.82. The standard InChI is InChI=1S/C21H16FN3O2/c1-27-14-6-3-12(4-7-14)19-18-17(15-11-13(22)5-8-16(15)24-19)21(26)25-10-2-9-23-20(18)25/h3-8,11H,2,9-10H2,1H3. The van der Waals surface area contributed by atoms with Crippen LogP contribution in [-0.4, -0.2) is 41.8 Å². The average molecular weight is 361 g/mol. The molecule has 0 atom stereocenters. The number of nitrogens with zero attached hydrogens (tertiary/aromatic N) is 3. The van der Waals surface area contributed by atoms with Crippen LogP contribution in [0.4, 0.5) is 4.39 Å². The number of benzene rings is 2. The second-order valence-electron chi connectivity index (χ2n) is 6.62. The largest absolute Gasteiger partial charge is 0.497 e. The van der Waals surface area contributed by atoms with E-state index < -0.39 is 0 Å². The number of halogens is 1. The van der Waals surface area contributed by atoms with E-state index in [9.17, 15) is 9.18 Å². The molecule has 0 bridgehead atoms. The van der Waals surface area contributed by atoms with Crippen molar-refractivity contribution in [3.8, 4) is 17.0 Å². The molecule has 0 N–H and O–H groups in total. The summed E-state index contributed by atoms with van der Waals surface area (Å²) >= 11 is 0. The van der Waals surface area contributed by atoms with Gasteiger partial charge in [0.15, 0.2) is 0 Å². The van der Waals surface area contributed by atoms with Gasteiger partial charge >= 0.3 is 0 Å². The summed E-state index contributed by atoms with van der Waals surface area (Å²) in [6.07, 6.45) is 0.820. The molecule has 3 heterocycles. The Balaban J connectivity index is 1.85. The van der Waals surface area contributed by atoms with E-state index in [0.29, 0.717) is 46.6 Å². The van der Waals surface area contributed by atoms with Crippen LogP contribution in [0.25, 0.3) is 22.2 Å². The number of hydrogen-bond donors (Lipinski definition) is 0. The molecule has 3 aromatic rings. The van der Waals surface area contributed by atoms with Gasteiger partial charge in [-0.15, -0.1) is 0 Å². The van der Waals surface area contributed by atoms with Crippen molar-refractivity contribution in [2.24, 2.45) is 4.99 Å². The number of methoxy groups -OCH3 is 1.